The van der Waals surface area contributed by atoms with Crippen LogP contribution >= 0.6 is 0 Å². The van der Waals surface area contributed by atoms with Crippen LogP contribution in [0.25, 0.3) is 0 Å². The number of hydrogen-bond acceptors (Lipinski definition) is 5. The lowest BCUT2D eigenvalue weighted by Gasteiger charge is -2.13. The van der Waals surface area contributed by atoms with E-state index in [1.807, 2.05) is 24.3 Å². The Morgan fingerprint density at radius 2 is 2.00 bits per heavy atom. The van der Waals surface area contributed by atoms with E-state index >= 15 is 0 Å². The molecule has 0 aliphatic carbocycles. The fraction of sp³-hybridized carbons (Fsp3) is 0.333. The minimum absolute atomic E-state index is 0.139. The maximum Gasteiger partial charge on any atom is 0.324 e. The van der Waals surface area contributed by atoms with Gasteiger partial charge in [0.25, 0.3) is 5.91 Å². The summed E-state index contributed by atoms with van der Waals surface area (Å²) in [6.07, 6.45) is 2.08. The van der Waals surface area contributed by atoms with Crippen LogP contribution < -0.4 is 15.4 Å². The Labute approximate surface area is 156 Å². The molecular weight excluding hydrogens is 350 g/mol. The first kappa shape index (κ1) is 18.4. The lowest BCUT2D eigenvalue weighted by Crippen LogP contribution is -2.35. The van der Waals surface area contributed by atoms with Crippen molar-refractivity contribution in [2.45, 2.75) is 18.9 Å². The minimum atomic E-state index is -0.864. The van der Waals surface area contributed by atoms with Gasteiger partial charge in [-0.3, -0.25) is 19.2 Å². The normalized spacial score (nSPS) is 16.4. The molecule has 3 rings (SSSR count). The molecule has 1 aliphatic heterocycles. The van der Waals surface area contributed by atoms with Crippen molar-refractivity contribution in [3.8, 4) is 5.75 Å². The summed E-state index contributed by atoms with van der Waals surface area (Å²) in [5.41, 5.74) is 0.979. The highest BCUT2D eigenvalue weighted by Gasteiger charge is 2.38. The molecule has 1 aliphatic rings. The molecule has 9 nitrogen and oxygen atoms in total. The van der Waals surface area contributed by atoms with Crippen LogP contribution in [0.4, 0.5) is 10.6 Å². The summed E-state index contributed by atoms with van der Waals surface area (Å²) in [5.74, 6) is 0.359. The Balaban J connectivity index is 1.53. The standard InChI is InChI=1S/C18H21N5O4/c1-22-9-8-15(21-22)20-16(24)11-14-17(25)23(18(26)19-14)10-7-12-3-5-13(27-2)6-4-12/h3-6,8-9,14H,7,10-11H2,1-2H3,(H,19,26)(H,20,21,24). The van der Waals surface area contributed by atoms with E-state index in [0.717, 1.165) is 16.2 Å². The summed E-state index contributed by atoms with van der Waals surface area (Å²) in [7, 11) is 3.32. The van der Waals surface area contributed by atoms with E-state index < -0.39 is 18.0 Å². The van der Waals surface area contributed by atoms with Gasteiger partial charge in [-0.25, -0.2) is 4.79 Å². The lowest BCUT2D eigenvalue weighted by molar-refractivity contribution is -0.129. The van der Waals surface area contributed by atoms with Gasteiger partial charge in [0.05, 0.1) is 13.5 Å². The zero-order valence-electron chi connectivity index (χ0n) is 15.1. The number of imide groups is 1. The lowest BCUT2D eigenvalue weighted by atomic mass is 10.1. The molecule has 1 aromatic heterocycles. The molecule has 0 radical (unpaired) electrons. The van der Waals surface area contributed by atoms with E-state index in [9.17, 15) is 14.4 Å². The molecule has 1 fully saturated rings. The van der Waals surface area contributed by atoms with Crippen LogP contribution in [0.5, 0.6) is 5.75 Å². The topological polar surface area (TPSA) is 106 Å². The summed E-state index contributed by atoms with van der Waals surface area (Å²) in [5, 5.41) is 9.21. The summed E-state index contributed by atoms with van der Waals surface area (Å²) >= 11 is 0. The summed E-state index contributed by atoms with van der Waals surface area (Å²) in [6.45, 7) is 0.245. The van der Waals surface area contributed by atoms with Crippen LogP contribution in [0.2, 0.25) is 0 Å². The first-order valence-corrected chi connectivity index (χ1v) is 8.50. The highest BCUT2D eigenvalue weighted by Crippen LogP contribution is 2.15. The van der Waals surface area contributed by atoms with Crippen LogP contribution in [-0.2, 0) is 23.1 Å². The molecule has 1 saturated heterocycles. The van der Waals surface area contributed by atoms with E-state index in [1.54, 1.807) is 31.1 Å². The molecule has 1 atom stereocenters. The van der Waals surface area contributed by atoms with E-state index in [4.69, 9.17) is 4.74 Å². The molecule has 4 amide bonds. The zero-order valence-corrected chi connectivity index (χ0v) is 15.1. The van der Waals surface area contributed by atoms with Crippen molar-refractivity contribution >= 4 is 23.7 Å². The predicted molar refractivity (Wildman–Crippen MR) is 97.2 cm³/mol. The van der Waals surface area contributed by atoms with Crippen molar-refractivity contribution in [1.29, 1.82) is 0 Å². The number of nitrogens with zero attached hydrogens (tertiary/aromatic N) is 3. The molecule has 27 heavy (non-hydrogen) atoms. The van der Waals surface area contributed by atoms with E-state index in [1.165, 1.54) is 0 Å². The summed E-state index contributed by atoms with van der Waals surface area (Å²) in [4.78, 5) is 37.8. The number of carbonyl (C=O) groups is 3. The quantitative estimate of drug-likeness (QED) is 0.704. The highest BCUT2D eigenvalue weighted by molar-refractivity contribution is 6.06. The van der Waals surface area contributed by atoms with Crippen LogP contribution in [0.15, 0.2) is 36.5 Å². The molecule has 2 heterocycles. The zero-order chi connectivity index (χ0) is 19.4. The number of anilines is 1. The Bertz CT molecular complexity index is 846. The average molecular weight is 371 g/mol. The van der Waals surface area contributed by atoms with Gasteiger partial charge in [-0.1, -0.05) is 12.1 Å². The Morgan fingerprint density at radius 1 is 1.26 bits per heavy atom. The molecule has 0 saturated carbocycles. The number of urea groups is 1. The van der Waals surface area contributed by atoms with Gasteiger partial charge < -0.3 is 15.4 Å². The van der Waals surface area contributed by atoms with Crippen LogP contribution in [0.1, 0.15) is 12.0 Å². The Hall–Kier alpha value is -3.36. The second-order valence-corrected chi connectivity index (χ2v) is 6.22. The third-order valence-electron chi connectivity index (χ3n) is 4.26. The minimum Gasteiger partial charge on any atom is -0.497 e. The second kappa shape index (κ2) is 7.90. The molecule has 0 bridgehead atoms. The predicted octanol–water partition coefficient (Wildman–Crippen LogP) is 0.920. The van der Waals surface area contributed by atoms with E-state index in [2.05, 4.69) is 15.7 Å². The Kier molecular flexibility index (Phi) is 5.39. The van der Waals surface area contributed by atoms with Gasteiger partial charge in [-0.2, -0.15) is 5.10 Å². The number of benzene rings is 1. The molecule has 1 unspecified atom stereocenters. The van der Waals surface area contributed by atoms with Gasteiger partial charge >= 0.3 is 6.03 Å². The maximum atomic E-state index is 12.5. The molecule has 2 aromatic rings. The molecule has 9 heteroatoms. The average Bonchev–Trinajstić information content (AvgIpc) is 3.16. The summed E-state index contributed by atoms with van der Waals surface area (Å²) in [6, 6.07) is 7.72. The van der Waals surface area contributed by atoms with Crippen molar-refractivity contribution in [2.24, 2.45) is 7.05 Å². The number of aromatic nitrogens is 2. The fourth-order valence-electron chi connectivity index (χ4n) is 2.82. The van der Waals surface area contributed by atoms with Gasteiger partial charge in [-0.15, -0.1) is 0 Å². The third-order valence-corrected chi connectivity index (χ3v) is 4.26. The SMILES string of the molecule is COc1ccc(CCN2C(=O)NC(CC(=O)Nc3ccn(C)n3)C2=O)cc1. The van der Waals surface area contributed by atoms with E-state index in [-0.39, 0.29) is 18.9 Å². The first-order chi connectivity index (χ1) is 13.0. The molecule has 142 valence electrons. The number of methoxy groups -OCH3 is 1. The number of amides is 4. The maximum absolute atomic E-state index is 12.5. The monoisotopic (exact) mass is 371 g/mol. The van der Waals surface area contributed by atoms with Crippen LogP contribution in [0, 0.1) is 0 Å². The number of carbonyl (C=O) groups excluding carboxylic acids is 3. The highest BCUT2D eigenvalue weighted by atomic mass is 16.5. The Morgan fingerprint density at radius 3 is 2.63 bits per heavy atom. The van der Waals surface area contributed by atoms with Crippen molar-refractivity contribution in [1.82, 2.24) is 20.0 Å². The smallest absolute Gasteiger partial charge is 0.324 e. The molecule has 0 spiro atoms. The molecule has 1 aromatic carbocycles. The van der Waals surface area contributed by atoms with Gasteiger partial charge in [0.15, 0.2) is 5.82 Å². The number of hydrogen-bond donors (Lipinski definition) is 2. The van der Waals surface area contributed by atoms with Crippen molar-refractivity contribution in [3.63, 3.8) is 0 Å². The van der Waals surface area contributed by atoms with Crippen molar-refractivity contribution in [3.05, 3.63) is 42.1 Å². The molecule has 2 N–H and O–H groups in total. The fourth-order valence-corrected chi connectivity index (χ4v) is 2.82. The van der Waals surface area contributed by atoms with Gasteiger partial charge in [-0.05, 0) is 24.1 Å². The largest absolute Gasteiger partial charge is 0.497 e. The number of rotatable bonds is 7. The second-order valence-electron chi connectivity index (χ2n) is 6.22. The van der Waals surface area contributed by atoms with Crippen molar-refractivity contribution < 1.29 is 19.1 Å². The van der Waals surface area contributed by atoms with Gasteiger partial charge in [0, 0.05) is 25.9 Å². The van der Waals surface area contributed by atoms with Crippen LogP contribution in [-0.4, -0.2) is 52.2 Å². The number of nitrogens with one attached hydrogen (secondary N) is 2. The van der Waals surface area contributed by atoms with Crippen LogP contribution in [0.3, 0.4) is 0 Å². The number of aryl methyl sites for hydroxylation is 1. The van der Waals surface area contributed by atoms with Gasteiger partial charge in [0.1, 0.15) is 11.8 Å². The summed E-state index contributed by atoms with van der Waals surface area (Å²) < 4.78 is 6.66. The third kappa shape index (κ3) is 4.43. The molecular formula is C18H21N5O4. The first-order valence-electron chi connectivity index (χ1n) is 8.50. The van der Waals surface area contributed by atoms with Gasteiger partial charge in [0.2, 0.25) is 5.91 Å². The van der Waals surface area contributed by atoms with E-state index in [0.29, 0.717) is 12.2 Å². The number of ether oxygens (including phenoxy) is 1. The van der Waals surface area contributed by atoms with Crippen molar-refractivity contribution in [2.75, 3.05) is 19.0 Å².